The summed E-state index contributed by atoms with van der Waals surface area (Å²) >= 11 is 0. The molecule has 194 valence electrons. The van der Waals surface area contributed by atoms with Crippen LogP contribution in [0.25, 0.3) is 0 Å². The monoisotopic (exact) mass is 481 g/mol. The van der Waals surface area contributed by atoms with E-state index in [9.17, 15) is 9.18 Å². The average molecular weight is 482 g/mol. The van der Waals surface area contributed by atoms with Crippen molar-refractivity contribution in [3.8, 4) is 0 Å². The van der Waals surface area contributed by atoms with E-state index in [0.29, 0.717) is 23.5 Å². The average Bonchev–Trinajstić information content (AvgIpc) is 2.89. The molecule has 3 saturated carbocycles. The molecular formula is C32H48FNO. The Kier molecular flexibility index (Phi) is 11.2. The lowest BCUT2D eigenvalue weighted by molar-refractivity contribution is -0.104. The molecule has 3 aliphatic rings. The number of halogens is 1. The number of hydrogen-bond acceptors (Lipinski definition) is 2. The second kappa shape index (κ2) is 14.1. The van der Waals surface area contributed by atoms with Gasteiger partial charge in [-0.3, -0.25) is 4.79 Å². The number of rotatable bonds is 7. The molecule has 0 spiro atoms. The number of allylic oxidation sites excluding steroid dienone is 2. The highest BCUT2D eigenvalue weighted by Gasteiger charge is 2.31. The van der Waals surface area contributed by atoms with E-state index in [4.69, 9.17) is 5.73 Å². The molecule has 0 radical (unpaired) electrons. The van der Waals surface area contributed by atoms with Crippen molar-refractivity contribution in [3.05, 3.63) is 60.0 Å². The number of nitrogens with two attached hydrogens (primary N) is 1. The molecule has 1 aromatic rings. The maximum atomic E-state index is 14.9. The molecule has 0 bridgehead atoms. The summed E-state index contributed by atoms with van der Waals surface area (Å²) in [4.78, 5) is 9.41. The standard InChI is InChI=1S/C28H42FN.C4H6O/c1-2-3-4-20-5-7-21(8-6-20)22-9-11-23(12-10-22)25-15-18-27(28(29)19-25)24-13-16-26(30)17-14-24;1-4(2)3-5/h2,15,18-24,26H,1,3-14,16-17,30H2;3H,1H2,2H3. The molecule has 3 fully saturated rings. The Morgan fingerprint density at radius 1 is 0.943 bits per heavy atom. The van der Waals surface area contributed by atoms with Gasteiger partial charge in [0.15, 0.2) is 0 Å². The Bertz CT molecular complexity index is 809. The molecule has 0 aromatic heterocycles. The van der Waals surface area contributed by atoms with Gasteiger partial charge in [-0.15, -0.1) is 6.58 Å². The van der Waals surface area contributed by atoms with Gasteiger partial charge in [-0.05, 0) is 136 Å². The van der Waals surface area contributed by atoms with E-state index in [2.05, 4.69) is 31.4 Å². The second-order valence-corrected chi connectivity index (χ2v) is 11.6. The fourth-order valence-corrected chi connectivity index (χ4v) is 6.78. The van der Waals surface area contributed by atoms with Crippen LogP contribution in [0.2, 0.25) is 0 Å². The molecule has 3 aliphatic carbocycles. The number of carbonyl (C=O) groups is 1. The zero-order valence-corrected chi connectivity index (χ0v) is 22.0. The van der Waals surface area contributed by atoms with E-state index in [0.717, 1.165) is 55.3 Å². The van der Waals surface area contributed by atoms with Crippen LogP contribution in [0.3, 0.4) is 0 Å². The van der Waals surface area contributed by atoms with Crippen molar-refractivity contribution < 1.29 is 9.18 Å². The SMILES string of the molecule is C=C(C)C=O.C=CCCC1CCC(C2CCC(c3ccc(C4CCC(N)CC4)c(F)c3)CC2)CC1. The predicted molar refractivity (Wildman–Crippen MR) is 146 cm³/mol. The van der Waals surface area contributed by atoms with Crippen LogP contribution in [-0.4, -0.2) is 12.3 Å². The zero-order valence-electron chi connectivity index (χ0n) is 22.0. The fourth-order valence-electron chi connectivity index (χ4n) is 6.78. The molecule has 1 aromatic carbocycles. The lowest BCUT2D eigenvalue weighted by Crippen LogP contribution is -2.26. The normalized spacial score (nSPS) is 31.1. The van der Waals surface area contributed by atoms with E-state index in [1.54, 1.807) is 6.92 Å². The summed E-state index contributed by atoms with van der Waals surface area (Å²) in [5.41, 5.74) is 8.79. The quantitative estimate of drug-likeness (QED) is 0.241. The summed E-state index contributed by atoms with van der Waals surface area (Å²) in [5, 5.41) is 0. The fraction of sp³-hybridized carbons (Fsp3) is 0.656. The largest absolute Gasteiger partial charge is 0.328 e. The predicted octanol–water partition coefficient (Wildman–Crippen LogP) is 8.62. The van der Waals surface area contributed by atoms with Gasteiger partial charge in [0.25, 0.3) is 0 Å². The molecule has 0 unspecified atom stereocenters. The molecule has 0 heterocycles. The first kappa shape index (κ1) is 27.8. The Labute approximate surface area is 213 Å². The number of aldehydes is 1. The minimum atomic E-state index is 0.0351. The lowest BCUT2D eigenvalue weighted by atomic mass is 9.68. The molecule has 0 amide bonds. The molecular weight excluding hydrogens is 433 g/mol. The lowest BCUT2D eigenvalue weighted by Gasteiger charge is -2.38. The highest BCUT2D eigenvalue weighted by molar-refractivity contribution is 5.70. The van der Waals surface area contributed by atoms with Crippen LogP contribution in [0.4, 0.5) is 4.39 Å². The van der Waals surface area contributed by atoms with Crippen LogP contribution >= 0.6 is 0 Å². The number of carbonyl (C=O) groups excluding carboxylic acids is 1. The van der Waals surface area contributed by atoms with Crippen LogP contribution in [0.1, 0.15) is 120 Å². The molecule has 0 aliphatic heterocycles. The van der Waals surface area contributed by atoms with Gasteiger partial charge in [-0.25, -0.2) is 4.39 Å². The Hall–Kier alpha value is -1.74. The van der Waals surface area contributed by atoms with Gasteiger partial charge >= 0.3 is 0 Å². The van der Waals surface area contributed by atoms with Crippen molar-refractivity contribution >= 4 is 6.29 Å². The van der Waals surface area contributed by atoms with E-state index in [1.165, 1.54) is 69.8 Å². The maximum Gasteiger partial charge on any atom is 0.145 e. The third-order valence-electron chi connectivity index (χ3n) is 9.02. The van der Waals surface area contributed by atoms with Crippen LogP contribution < -0.4 is 5.73 Å². The molecule has 0 atom stereocenters. The summed E-state index contributed by atoms with van der Waals surface area (Å²) in [6.07, 6.45) is 20.4. The van der Waals surface area contributed by atoms with Crippen LogP contribution in [0.5, 0.6) is 0 Å². The zero-order chi connectivity index (χ0) is 25.2. The van der Waals surface area contributed by atoms with Crippen molar-refractivity contribution in [2.24, 2.45) is 23.5 Å². The highest BCUT2D eigenvalue weighted by Crippen LogP contribution is 2.45. The van der Waals surface area contributed by atoms with E-state index in [1.807, 2.05) is 6.07 Å². The van der Waals surface area contributed by atoms with Crippen molar-refractivity contribution in [1.82, 2.24) is 0 Å². The van der Waals surface area contributed by atoms with Gasteiger partial charge in [0.1, 0.15) is 12.1 Å². The van der Waals surface area contributed by atoms with E-state index < -0.39 is 0 Å². The van der Waals surface area contributed by atoms with Crippen LogP contribution in [0, 0.1) is 23.6 Å². The third-order valence-corrected chi connectivity index (χ3v) is 9.02. The molecule has 35 heavy (non-hydrogen) atoms. The van der Waals surface area contributed by atoms with Gasteiger partial charge in [0.2, 0.25) is 0 Å². The van der Waals surface area contributed by atoms with Crippen LogP contribution in [0.15, 0.2) is 43.0 Å². The highest BCUT2D eigenvalue weighted by atomic mass is 19.1. The van der Waals surface area contributed by atoms with Gasteiger partial charge in [0.05, 0.1) is 0 Å². The molecule has 4 rings (SSSR count). The summed E-state index contributed by atoms with van der Waals surface area (Å²) in [5.74, 6) is 3.77. The van der Waals surface area contributed by atoms with Gasteiger partial charge in [-0.2, -0.15) is 0 Å². The summed E-state index contributed by atoms with van der Waals surface area (Å²) in [6, 6.07) is 6.53. The van der Waals surface area contributed by atoms with Gasteiger partial charge in [0, 0.05) is 6.04 Å². The number of benzene rings is 1. The smallest absolute Gasteiger partial charge is 0.145 e. The molecule has 2 N–H and O–H groups in total. The summed E-state index contributed by atoms with van der Waals surface area (Å²) in [6.45, 7) is 8.84. The Morgan fingerprint density at radius 2 is 1.49 bits per heavy atom. The van der Waals surface area contributed by atoms with Crippen molar-refractivity contribution in [3.63, 3.8) is 0 Å². The topological polar surface area (TPSA) is 43.1 Å². The van der Waals surface area contributed by atoms with Crippen molar-refractivity contribution in [1.29, 1.82) is 0 Å². The first-order valence-electron chi connectivity index (χ1n) is 14.2. The summed E-state index contributed by atoms with van der Waals surface area (Å²) in [7, 11) is 0. The van der Waals surface area contributed by atoms with Crippen molar-refractivity contribution in [2.45, 2.75) is 115 Å². The third kappa shape index (κ3) is 8.41. The van der Waals surface area contributed by atoms with Gasteiger partial charge < -0.3 is 5.73 Å². The van der Waals surface area contributed by atoms with Crippen LogP contribution in [-0.2, 0) is 4.79 Å². The first-order chi connectivity index (χ1) is 16.9. The Balaban J connectivity index is 0.000000623. The maximum absolute atomic E-state index is 14.9. The summed E-state index contributed by atoms with van der Waals surface area (Å²) < 4.78 is 14.9. The second-order valence-electron chi connectivity index (χ2n) is 11.6. The molecule has 0 saturated heterocycles. The number of hydrogen-bond donors (Lipinski definition) is 1. The van der Waals surface area contributed by atoms with Gasteiger partial charge in [-0.1, -0.05) is 37.6 Å². The molecule has 2 nitrogen and oxygen atoms in total. The van der Waals surface area contributed by atoms with E-state index in [-0.39, 0.29) is 5.82 Å². The molecule has 3 heteroatoms. The minimum Gasteiger partial charge on any atom is -0.328 e. The minimum absolute atomic E-state index is 0.0351. The Morgan fingerprint density at radius 3 is 2.00 bits per heavy atom. The van der Waals surface area contributed by atoms with Crippen molar-refractivity contribution in [2.75, 3.05) is 0 Å². The first-order valence-corrected chi connectivity index (χ1v) is 14.2. The van der Waals surface area contributed by atoms with E-state index >= 15 is 0 Å².